The highest BCUT2D eigenvalue weighted by Gasteiger charge is 2.19. The summed E-state index contributed by atoms with van der Waals surface area (Å²) in [5.74, 6) is 0.591. The van der Waals surface area contributed by atoms with Gasteiger partial charge in [0, 0.05) is 4.88 Å². The van der Waals surface area contributed by atoms with Crippen molar-refractivity contribution in [2.45, 2.75) is 6.61 Å². The van der Waals surface area contributed by atoms with E-state index in [-0.39, 0.29) is 11.6 Å². The number of amidine groups is 1. The van der Waals surface area contributed by atoms with Crippen LogP contribution in [0.4, 0.5) is 0 Å². The lowest BCUT2D eigenvalue weighted by Crippen LogP contribution is -2.13. The summed E-state index contributed by atoms with van der Waals surface area (Å²) in [6.07, 6.45) is 0. The number of rotatable bonds is 4. The Morgan fingerprint density at radius 2 is 2.14 bits per heavy atom. The second-order valence-electron chi connectivity index (χ2n) is 4.24. The second-order valence-corrected chi connectivity index (χ2v) is 6.78. The number of fused-ring (bicyclic) bond motifs is 1. The lowest BCUT2D eigenvalue weighted by atomic mass is 10.2. The lowest BCUT2D eigenvalue weighted by Gasteiger charge is -2.04. The summed E-state index contributed by atoms with van der Waals surface area (Å²) in [5, 5.41) is 12.6. The van der Waals surface area contributed by atoms with Gasteiger partial charge in [0.25, 0.3) is 0 Å². The van der Waals surface area contributed by atoms with Gasteiger partial charge < -0.3 is 20.1 Å². The summed E-state index contributed by atoms with van der Waals surface area (Å²) in [5.41, 5.74) is 6.28. The minimum Gasteiger partial charge on any atom is -0.483 e. The Kier molecular flexibility index (Phi) is 3.85. The second kappa shape index (κ2) is 5.79. The molecule has 5 nitrogen and oxygen atoms in total. The zero-order valence-corrected chi connectivity index (χ0v) is 13.1. The summed E-state index contributed by atoms with van der Waals surface area (Å²) >= 11 is 5.00. The van der Waals surface area contributed by atoms with Crippen LogP contribution in [0.1, 0.15) is 10.6 Å². The molecule has 0 aliphatic carbocycles. The summed E-state index contributed by atoms with van der Waals surface area (Å²) < 4.78 is 12.5. The fourth-order valence-corrected chi connectivity index (χ4v) is 3.35. The average Bonchev–Trinajstić information content (AvgIpc) is 3.07. The first-order valence-electron chi connectivity index (χ1n) is 6.05. The van der Waals surface area contributed by atoms with Crippen LogP contribution in [0.2, 0.25) is 0 Å². The molecule has 0 spiro atoms. The molecule has 2 heterocycles. The van der Waals surface area contributed by atoms with Crippen molar-refractivity contribution in [3.63, 3.8) is 0 Å². The first-order valence-corrected chi connectivity index (χ1v) is 7.66. The monoisotopic (exact) mass is 366 g/mol. The lowest BCUT2D eigenvalue weighted by molar-refractivity contribution is 0.303. The molecule has 0 atom stereocenters. The van der Waals surface area contributed by atoms with Crippen LogP contribution in [-0.4, -0.2) is 11.0 Å². The van der Waals surface area contributed by atoms with Crippen LogP contribution in [0.25, 0.3) is 11.0 Å². The molecule has 2 aromatic heterocycles. The molecule has 1 aromatic carbocycles. The van der Waals surface area contributed by atoms with Crippen molar-refractivity contribution in [1.29, 1.82) is 0 Å². The smallest absolute Gasteiger partial charge is 0.215 e. The van der Waals surface area contributed by atoms with Crippen LogP contribution >= 0.6 is 27.3 Å². The van der Waals surface area contributed by atoms with Crippen LogP contribution in [0.3, 0.4) is 0 Å². The summed E-state index contributed by atoms with van der Waals surface area (Å²) in [4.78, 5) is 1.05. The van der Waals surface area contributed by atoms with E-state index in [0.29, 0.717) is 17.9 Å². The van der Waals surface area contributed by atoms with Gasteiger partial charge in [-0.1, -0.05) is 17.3 Å². The van der Waals surface area contributed by atoms with Crippen molar-refractivity contribution in [2.24, 2.45) is 10.9 Å². The Bertz CT molecular complexity index is 810. The molecule has 3 aromatic rings. The van der Waals surface area contributed by atoms with Crippen molar-refractivity contribution in [2.75, 3.05) is 0 Å². The Morgan fingerprint density at radius 3 is 2.86 bits per heavy atom. The van der Waals surface area contributed by atoms with Gasteiger partial charge in [-0.15, -0.1) is 11.3 Å². The van der Waals surface area contributed by atoms with E-state index in [1.165, 1.54) is 0 Å². The maximum atomic E-state index is 8.87. The number of thiophene rings is 1. The van der Waals surface area contributed by atoms with E-state index in [4.69, 9.17) is 20.1 Å². The number of furan rings is 1. The normalized spacial score (nSPS) is 12.0. The maximum absolute atomic E-state index is 8.87. The molecule has 0 amide bonds. The molecule has 0 aliphatic heterocycles. The zero-order valence-electron chi connectivity index (χ0n) is 10.7. The van der Waals surface area contributed by atoms with Gasteiger partial charge in [-0.05, 0) is 40.2 Å². The predicted molar refractivity (Wildman–Crippen MR) is 85.1 cm³/mol. The first kappa shape index (κ1) is 14.0. The Labute approximate surface area is 132 Å². The molecule has 0 bridgehead atoms. The van der Waals surface area contributed by atoms with E-state index in [9.17, 15) is 0 Å². The van der Waals surface area contributed by atoms with Crippen molar-refractivity contribution >= 4 is 44.1 Å². The van der Waals surface area contributed by atoms with E-state index in [1.54, 1.807) is 17.4 Å². The third-order valence-corrected chi connectivity index (χ3v) is 4.48. The topological polar surface area (TPSA) is 81.0 Å². The molecule has 21 heavy (non-hydrogen) atoms. The highest BCUT2D eigenvalue weighted by molar-refractivity contribution is 9.11. The van der Waals surface area contributed by atoms with Crippen LogP contribution < -0.4 is 10.5 Å². The molecule has 3 rings (SSSR count). The van der Waals surface area contributed by atoms with Gasteiger partial charge in [-0.3, -0.25) is 0 Å². The van der Waals surface area contributed by atoms with Crippen LogP contribution in [-0.2, 0) is 6.61 Å². The zero-order chi connectivity index (χ0) is 14.8. The molecule has 0 saturated heterocycles. The van der Waals surface area contributed by atoms with Crippen molar-refractivity contribution < 1.29 is 14.4 Å². The molecule has 108 valence electrons. The molecule has 3 N–H and O–H groups in total. The van der Waals surface area contributed by atoms with E-state index in [0.717, 1.165) is 14.0 Å². The van der Waals surface area contributed by atoms with Crippen molar-refractivity contribution in [3.8, 4) is 5.75 Å². The standard InChI is InChI=1S/C14H11BrN2O3S/c15-11-6-5-8(21-11)7-19-12-9-3-1-2-4-10(9)20-13(12)14(16)17-18/h1-6,18H,7H2,(H2,16,17). The Balaban J connectivity index is 1.98. The quantitative estimate of drug-likeness (QED) is 0.317. The molecule has 0 saturated carbocycles. The number of hydrogen-bond acceptors (Lipinski definition) is 5. The fourth-order valence-electron chi connectivity index (χ4n) is 1.95. The van der Waals surface area contributed by atoms with Crippen LogP contribution in [0, 0.1) is 0 Å². The number of nitrogens with two attached hydrogens (primary N) is 1. The van der Waals surface area contributed by atoms with Gasteiger partial charge in [-0.25, -0.2) is 0 Å². The number of halogens is 1. The predicted octanol–water partition coefficient (Wildman–Crippen LogP) is 3.93. The van der Waals surface area contributed by atoms with E-state index < -0.39 is 0 Å². The number of benzene rings is 1. The van der Waals surface area contributed by atoms with Gasteiger partial charge in [0.05, 0.1) is 9.17 Å². The van der Waals surface area contributed by atoms with Gasteiger partial charge in [0.15, 0.2) is 5.75 Å². The van der Waals surface area contributed by atoms with Crippen LogP contribution in [0.5, 0.6) is 5.75 Å². The molecule has 0 radical (unpaired) electrons. The van der Waals surface area contributed by atoms with Gasteiger partial charge in [0.1, 0.15) is 12.2 Å². The highest BCUT2D eigenvalue weighted by Crippen LogP contribution is 2.34. The van der Waals surface area contributed by atoms with Crippen LogP contribution in [0.15, 0.2) is 49.8 Å². The van der Waals surface area contributed by atoms with Gasteiger partial charge in [0.2, 0.25) is 11.6 Å². The van der Waals surface area contributed by atoms with E-state index >= 15 is 0 Å². The van der Waals surface area contributed by atoms with Crippen molar-refractivity contribution in [3.05, 3.63) is 50.8 Å². The minimum atomic E-state index is -0.117. The fraction of sp³-hybridized carbons (Fsp3) is 0.0714. The number of nitrogens with zero attached hydrogens (tertiary/aromatic N) is 1. The Morgan fingerprint density at radius 1 is 1.33 bits per heavy atom. The Hall–Kier alpha value is -1.99. The van der Waals surface area contributed by atoms with Crippen molar-refractivity contribution in [1.82, 2.24) is 0 Å². The molecule has 0 unspecified atom stereocenters. The molecular weight excluding hydrogens is 356 g/mol. The SMILES string of the molecule is N/C(=N/O)c1oc2ccccc2c1OCc1ccc(Br)s1. The summed E-state index contributed by atoms with van der Waals surface area (Å²) in [6.45, 7) is 0.380. The molecule has 7 heteroatoms. The average molecular weight is 367 g/mol. The third-order valence-electron chi connectivity index (χ3n) is 2.88. The number of para-hydroxylation sites is 1. The minimum absolute atomic E-state index is 0.117. The van der Waals surface area contributed by atoms with E-state index in [1.807, 2.05) is 30.3 Å². The summed E-state index contributed by atoms with van der Waals surface area (Å²) in [7, 11) is 0. The highest BCUT2D eigenvalue weighted by atomic mass is 79.9. The number of ether oxygens (including phenoxy) is 1. The number of oxime groups is 1. The maximum Gasteiger partial charge on any atom is 0.215 e. The number of hydrogen-bond donors (Lipinski definition) is 2. The largest absolute Gasteiger partial charge is 0.483 e. The third kappa shape index (κ3) is 2.74. The molecule has 0 fully saturated rings. The van der Waals surface area contributed by atoms with E-state index in [2.05, 4.69) is 21.1 Å². The summed E-state index contributed by atoms with van der Waals surface area (Å²) in [6, 6.07) is 11.3. The van der Waals surface area contributed by atoms with Gasteiger partial charge in [-0.2, -0.15) is 0 Å². The molecule has 0 aliphatic rings. The van der Waals surface area contributed by atoms with Gasteiger partial charge >= 0.3 is 0 Å². The first-order chi connectivity index (χ1) is 10.2. The molecular formula is C14H11BrN2O3S.